The first-order valence-corrected chi connectivity index (χ1v) is 5.79. The Bertz CT molecular complexity index is 286. The Morgan fingerprint density at radius 2 is 1.65 bits per heavy atom. The Morgan fingerprint density at radius 1 is 1.12 bits per heavy atom. The van der Waals surface area contributed by atoms with Gasteiger partial charge in [-0.1, -0.05) is 36.4 Å². The Morgan fingerprint density at radius 3 is 2.06 bits per heavy atom. The minimum Gasteiger partial charge on any atom is -0.389 e. The fraction of sp³-hybridized carbons (Fsp3) is 0.250. The molecule has 0 radical (unpaired) electrons. The SMILES string of the molecule is C/C=C(/Cc1ccccc1)NCC.C=C.C=C. The molecule has 0 heterocycles. The number of rotatable bonds is 4. The average molecular weight is 231 g/mol. The maximum Gasteiger partial charge on any atom is 0.0119 e. The van der Waals surface area contributed by atoms with Gasteiger partial charge < -0.3 is 5.32 Å². The summed E-state index contributed by atoms with van der Waals surface area (Å²) in [4.78, 5) is 0. The second-order valence-corrected chi connectivity index (χ2v) is 3.01. The lowest BCUT2D eigenvalue weighted by atomic mass is 10.1. The molecule has 0 aliphatic rings. The van der Waals surface area contributed by atoms with Gasteiger partial charge in [-0.05, 0) is 19.4 Å². The summed E-state index contributed by atoms with van der Waals surface area (Å²) in [6.07, 6.45) is 3.14. The Kier molecular flexibility index (Phi) is 14.8. The molecular formula is C16H25N. The number of nitrogens with one attached hydrogen (secondary N) is 1. The van der Waals surface area contributed by atoms with Gasteiger partial charge in [-0.3, -0.25) is 0 Å². The fourth-order valence-corrected chi connectivity index (χ4v) is 1.31. The molecule has 0 aromatic heterocycles. The van der Waals surface area contributed by atoms with E-state index in [4.69, 9.17) is 0 Å². The first kappa shape index (κ1) is 17.6. The molecule has 0 aliphatic heterocycles. The number of likely N-dealkylation sites (N-methyl/N-ethyl adjacent to an activating group) is 1. The van der Waals surface area contributed by atoms with E-state index in [1.165, 1.54) is 11.3 Å². The minimum absolute atomic E-state index is 0.993. The van der Waals surface area contributed by atoms with Crippen LogP contribution in [-0.4, -0.2) is 6.54 Å². The van der Waals surface area contributed by atoms with Crippen molar-refractivity contribution in [3.8, 4) is 0 Å². The molecule has 1 N–H and O–H groups in total. The van der Waals surface area contributed by atoms with Crippen molar-refractivity contribution in [1.82, 2.24) is 5.32 Å². The normalized spacial score (nSPS) is 9.18. The Balaban J connectivity index is 0. The van der Waals surface area contributed by atoms with Crippen LogP contribution >= 0.6 is 0 Å². The van der Waals surface area contributed by atoms with Gasteiger partial charge in [0.25, 0.3) is 0 Å². The lowest BCUT2D eigenvalue weighted by Crippen LogP contribution is -2.13. The fourth-order valence-electron chi connectivity index (χ4n) is 1.31. The van der Waals surface area contributed by atoms with Crippen LogP contribution in [0.2, 0.25) is 0 Å². The van der Waals surface area contributed by atoms with Gasteiger partial charge in [-0.2, -0.15) is 0 Å². The van der Waals surface area contributed by atoms with Crippen LogP contribution in [0.3, 0.4) is 0 Å². The third-order valence-corrected chi connectivity index (χ3v) is 1.99. The molecule has 0 saturated carbocycles. The smallest absolute Gasteiger partial charge is 0.0119 e. The summed E-state index contributed by atoms with van der Waals surface area (Å²) in [5.41, 5.74) is 2.66. The monoisotopic (exact) mass is 231 g/mol. The van der Waals surface area contributed by atoms with Gasteiger partial charge in [0.15, 0.2) is 0 Å². The lowest BCUT2D eigenvalue weighted by Gasteiger charge is -2.08. The summed E-state index contributed by atoms with van der Waals surface area (Å²) in [6.45, 7) is 17.2. The highest BCUT2D eigenvalue weighted by molar-refractivity contribution is 5.20. The summed E-state index contributed by atoms with van der Waals surface area (Å²) in [6, 6.07) is 10.5. The highest BCUT2D eigenvalue weighted by atomic mass is 14.9. The molecule has 1 aromatic rings. The molecule has 0 amide bonds. The zero-order valence-electron chi connectivity index (χ0n) is 11.2. The Labute approximate surface area is 107 Å². The molecule has 0 atom stereocenters. The van der Waals surface area contributed by atoms with Crippen LogP contribution in [0.5, 0.6) is 0 Å². The Hall–Kier alpha value is -1.76. The zero-order valence-corrected chi connectivity index (χ0v) is 11.2. The number of hydrogen-bond donors (Lipinski definition) is 1. The van der Waals surface area contributed by atoms with Gasteiger partial charge in [-0.15, -0.1) is 26.3 Å². The van der Waals surface area contributed by atoms with Crippen LogP contribution in [-0.2, 0) is 6.42 Å². The number of benzene rings is 1. The van der Waals surface area contributed by atoms with Gasteiger partial charge in [0, 0.05) is 18.7 Å². The molecule has 94 valence electrons. The number of allylic oxidation sites excluding steroid dienone is 2. The predicted octanol–water partition coefficient (Wildman–Crippen LogP) is 4.35. The molecule has 1 rings (SSSR count). The lowest BCUT2D eigenvalue weighted by molar-refractivity contribution is 0.815. The third-order valence-electron chi connectivity index (χ3n) is 1.99. The van der Waals surface area contributed by atoms with E-state index < -0.39 is 0 Å². The topological polar surface area (TPSA) is 12.0 Å². The summed E-state index contributed by atoms with van der Waals surface area (Å²) < 4.78 is 0. The maximum atomic E-state index is 3.34. The molecule has 0 aliphatic carbocycles. The van der Waals surface area contributed by atoms with E-state index in [0.29, 0.717) is 0 Å². The predicted molar refractivity (Wildman–Crippen MR) is 80.1 cm³/mol. The molecule has 17 heavy (non-hydrogen) atoms. The molecule has 0 bridgehead atoms. The molecule has 0 spiro atoms. The highest BCUT2D eigenvalue weighted by Gasteiger charge is 1.95. The first-order valence-electron chi connectivity index (χ1n) is 5.79. The van der Waals surface area contributed by atoms with Crippen LogP contribution in [0.1, 0.15) is 19.4 Å². The van der Waals surface area contributed by atoms with E-state index in [-0.39, 0.29) is 0 Å². The second-order valence-electron chi connectivity index (χ2n) is 3.01. The molecule has 0 saturated heterocycles. The molecule has 0 fully saturated rings. The van der Waals surface area contributed by atoms with Crippen LogP contribution in [0.15, 0.2) is 68.4 Å². The van der Waals surface area contributed by atoms with Crippen molar-refractivity contribution in [1.29, 1.82) is 0 Å². The summed E-state index contributed by atoms with van der Waals surface area (Å²) in [5, 5.41) is 3.34. The number of hydrogen-bond acceptors (Lipinski definition) is 1. The van der Waals surface area contributed by atoms with Crippen LogP contribution < -0.4 is 5.32 Å². The van der Waals surface area contributed by atoms with E-state index in [0.717, 1.165) is 13.0 Å². The van der Waals surface area contributed by atoms with Gasteiger partial charge in [0.05, 0.1) is 0 Å². The third kappa shape index (κ3) is 9.19. The summed E-state index contributed by atoms with van der Waals surface area (Å²) in [7, 11) is 0. The van der Waals surface area contributed by atoms with Gasteiger partial charge in [0.1, 0.15) is 0 Å². The van der Waals surface area contributed by atoms with Crippen LogP contribution in [0, 0.1) is 0 Å². The molecular weight excluding hydrogens is 206 g/mol. The zero-order chi connectivity index (χ0) is 13.5. The van der Waals surface area contributed by atoms with Crippen molar-refractivity contribution >= 4 is 0 Å². The molecule has 1 heteroatoms. The van der Waals surface area contributed by atoms with Crippen molar-refractivity contribution in [2.75, 3.05) is 6.54 Å². The van der Waals surface area contributed by atoms with Gasteiger partial charge in [-0.25, -0.2) is 0 Å². The van der Waals surface area contributed by atoms with E-state index >= 15 is 0 Å². The van der Waals surface area contributed by atoms with E-state index in [2.05, 4.69) is 75.8 Å². The average Bonchev–Trinajstić information content (AvgIpc) is 2.44. The van der Waals surface area contributed by atoms with Crippen molar-refractivity contribution in [3.05, 3.63) is 74.0 Å². The van der Waals surface area contributed by atoms with Crippen molar-refractivity contribution < 1.29 is 0 Å². The minimum atomic E-state index is 0.993. The summed E-state index contributed by atoms with van der Waals surface area (Å²) >= 11 is 0. The summed E-state index contributed by atoms with van der Waals surface area (Å²) in [5.74, 6) is 0. The maximum absolute atomic E-state index is 3.34. The molecule has 1 aromatic carbocycles. The van der Waals surface area contributed by atoms with E-state index in [9.17, 15) is 0 Å². The van der Waals surface area contributed by atoms with Crippen molar-refractivity contribution in [2.45, 2.75) is 20.3 Å². The standard InChI is InChI=1S/C12H17N.2C2H4/c1-3-12(13-4-2)10-11-8-6-5-7-9-11;2*1-2/h3,5-9,13H,4,10H2,1-2H3;2*1-2H2/b12-3-;;. The highest BCUT2D eigenvalue weighted by Crippen LogP contribution is 2.04. The van der Waals surface area contributed by atoms with Crippen LogP contribution in [0.4, 0.5) is 0 Å². The van der Waals surface area contributed by atoms with E-state index in [1.54, 1.807) is 0 Å². The van der Waals surface area contributed by atoms with Crippen molar-refractivity contribution in [2.24, 2.45) is 0 Å². The molecule has 0 unspecified atom stereocenters. The molecule has 1 nitrogen and oxygen atoms in total. The van der Waals surface area contributed by atoms with Gasteiger partial charge >= 0.3 is 0 Å². The largest absolute Gasteiger partial charge is 0.389 e. The van der Waals surface area contributed by atoms with E-state index in [1.807, 2.05) is 6.07 Å². The van der Waals surface area contributed by atoms with Crippen molar-refractivity contribution in [3.63, 3.8) is 0 Å². The van der Waals surface area contributed by atoms with Gasteiger partial charge in [0.2, 0.25) is 0 Å². The second kappa shape index (κ2) is 14.2. The van der Waals surface area contributed by atoms with Crippen LogP contribution in [0.25, 0.3) is 0 Å². The quantitative estimate of drug-likeness (QED) is 0.760. The first-order chi connectivity index (χ1) is 8.36.